The van der Waals surface area contributed by atoms with E-state index in [0.717, 1.165) is 47.6 Å². The Kier molecular flexibility index (Phi) is 4.08. The highest BCUT2D eigenvalue weighted by Crippen LogP contribution is 2.46. The van der Waals surface area contributed by atoms with Crippen molar-refractivity contribution in [3.8, 4) is 0 Å². The summed E-state index contributed by atoms with van der Waals surface area (Å²) in [6.07, 6.45) is 13.4. The lowest BCUT2D eigenvalue weighted by Gasteiger charge is -2.42. The lowest BCUT2D eigenvalue weighted by Crippen LogP contribution is -2.47. The average Bonchev–Trinajstić information content (AvgIpc) is 3.39. The Balaban J connectivity index is 1.41. The minimum atomic E-state index is 0.344. The summed E-state index contributed by atoms with van der Waals surface area (Å²) in [7, 11) is 1.98. The fourth-order valence-electron chi connectivity index (χ4n) is 4.58. The zero-order valence-corrected chi connectivity index (χ0v) is 16.3. The molecule has 27 heavy (non-hydrogen) atoms. The highest BCUT2D eigenvalue weighted by molar-refractivity contribution is 7.99. The summed E-state index contributed by atoms with van der Waals surface area (Å²) in [5.74, 6) is 0.917. The number of aryl methyl sites for hydroxylation is 1. The standard InChI is InChI=1S/C18H24N8S/c1-24-10-7-20-17(24)27-13-11-21-16(26-12-22-23-15(13)26)25-8-5-18(6-9-25)4-2-3-14(18)19/h7,10-12,14H,2-6,8-9,19H2,1H3/t14-/m1/s1. The Morgan fingerprint density at radius 1 is 1.22 bits per heavy atom. The van der Waals surface area contributed by atoms with Gasteiger partial charge in [0.1, 0.15) is 6.33 Å². The van der Waals surface area contributed by atoms with E-state index in [-0.39, 0.29) is 0 Å². The molecule has 0 aromatic carbocycles. The fourth-order valence-corrected chi connectivity index (χ4v) is 5.43. The van der Waals surface area contributed by atoms with Crippen LogP contribution in [-0.4, -0.2) is 48.3 Å². The van der Waals surface area contributed by atoms with E-state index in [4.69, 9.17) is 10.7 Å². The van der Waals surface area contributed by atoms with Crippen LogP contribution in [0, 0.1) is 5.41 Å². The second-order valence-electron chi connectivity index (χ2n) is 7.72. The number of imidazole rings is 1. The molecule has 1 spiro atoms. The third-order valence-electron chi connectivity index (χ3n) is 6.28. The lowest BCUT2D eigenvalue weighted by molar-refractivity contribution is 0.197. The van der Waals surface area contributed by atoms with E-state index < -0.39 is 0 Å². The van der Waals surface area contributed by atoms with E-state index in [9.17, 15) is 0 Å². The molecule has 3 aromatic rings. The summed E-state index contributed by atoms with van der Waals surface area (Å²) in [4.78, 5) is 12.5. The minimum Gasteiger partial charge on any atom is -0.342 e. The molecule has 8 nitrogen and oxygen atoms in total. The number of nitrogens with two attached hydrogens (primary N) is 1. The van der Waals surface area contributed by atoms with Crippen LogP contribution < -0.4 is 10.6 Å². The maximum Gasteiger partial charge on any atom is 0.212 e. The van der Waals surface area contributed by atoms with Crippen LogP contribution in [0.5, 0.6) is 0 Å². The number of hydrogen-bond donors (Lipinski definition) is 1. The third kappa shape index (κ3) is 2.80. The molecule has 0 radical (unpaired) electrons. The van der Waals surface area contributed by atoms with E-state index in [2.05, 4.69) is 20.1 Å². The zero-order valence-electron chi connectivity index (χ0n) is 15.5. The number of anilines is 1. The van der Waals surface area contributed by atoms with Crippen LogP contribution in [-0.2, 0) is 7.05 Å². The largest absolute Gasteiger partial charge is 0.342 e. The van der Waals surface area contributed by atoms with Gasteiger partial charge in [0.05, 0.1) is 4.90 Å². The van der Waals surface area contributed by atoms with Crippen LogP contribution in [0.4, 0.5) is 5.95 Å². The quantitative estimate of drug-likeness (QED) is 0.739. The zero-order chi connectivity index (χ0) is 18.4. The van der Waals surface area contributed by atoms with E-state index in [1.54, 1.807) is 24.3 Å². The van der Waals surface area contributed by atoms with E-state index in [0.29, 0.717) is 11.5 Å². The van der Waals surface area contributed by atoms with Gasteiger partial charge in [-0.2, -0.15) is 0 Å². The van der Waals surface area contributed by atoms with Crippen molar-refractivity contribution in [2.45, 2.75) is 48.2 Å². The molecule has 1 saturated heterocycles. The first-order valence-corrected chi connectivity index (χ1v) is 10.3. The highest BCUT2D eigenvalue weighted by atomic mass is 32.2. The van der Waals surface area contributed by atoms with E-state index >= 15 is 0 Å². The van der Waals surface area contributed by atoms with Gasteiger partial charge in [-0.15, -0.1) is 10.2 Å². The molecule has 1 atom stereocenters. The topological polar surface area (TPSA) is 90.2 Å². The number of fused-ring (bicyclic) bond motifs is 1. The van der Waals surface area contributed by atoms with Gasteiger partial charge in [0.25, 0.3) is 0 Å². The summed E-state index contributed by atoms with van der Waals surface area (Å²) in [6.45, 7) is 1.97. The van der Waals surface area contributed by atoms with Crippen molar-refractivity contribution in [3.63, 3.8) is 0 Å². The van der Waals surface area contributed by atoms with Crippen LogP contribution >= 0.6 is 11.8 Å². The van der Waals surface area contributed by atoms with Gasteiger partial charge in [0.2, 0.25) is 5.95 Å². The molecular weight excluding hydrogens is 360 g/mol. The molecular formula is C18H24N8S. The van der Waals surface area contributed by atoms with Crippen molar-refractivity contribution in [3.05, 3.63) is 24.9 Å². The number of hydrogen-bond acceptors (Lipinski definition) is 7. The molecule has 1 aliphatic carbocycles. The SMILES string of the molecule is Cn1ccnc1Sc1cnc(N2CCC3(CCC[C@H]3N)CC2)n2cnnc12. The Labute approximate surface area is 162 Å². The van der Waals surface area contributed by atoms with Gasteiger partial charge in [-0.25, -0.2) is 14.4 Å². The second-order valence-corrected chi connectivity index (χ2v) is 8.73. The maximum atomic E-state index is 6.43. The number of piperidine rings is 1. The van der Waals surface area contributed by atoms with Gasteiger partial charge < -0.3 is 15.2 Å². The predicted molar refractivity (Wildman–Crippen MR) is 104 cm³/mol. The first-order valence-electron chi connectivity index (χ1n) is 9.51. The van der Waals surface area contributed by atoms with Gasteiger partial charge in [-0.1, -0.05) is 6.42 Å². The van der Waals surface area contributed by atoms with Crippen molar-refractivity contribution in [1.82, 2.24) is 29.1 Å². The molecule has 142 valence electrons. The first-order chi connectivity index (χ1) is 13.2. The highest BCUT2D eigenvalue weighted by Gasteiger charge is 2.43. The molecule has 0 amide bonds. The van der Waals surface area contributed by atoms with Gasteiger partial charge in [-0.05, 0) is 42.9 Å². The molecule has 0 bridgehead atoms. The molecule has 1 aliphatic heterocycles. The molecule has 9 heteroatoms. The van der Waals surface area contributed by atoms with E-state index in [1.807, 2.05) is 28.4 Å². The number of rotatable bonds is 3. The van der Waals surface area contributed by atoms with Crippen LogP contribution in [0.25, 0.3) is 5.65 Å². The molecule has 2 fully saturated rings. The van der Waals surface area contributed by atoms with Crippen LogP contribution in [0.2, 0.25) is 0 Å². The summed E-state index contributed by atoms with van der Waals surface area (Å²) in [6, 6.07) is 0.360. The number of nitrogens with zero attached hydrogens (tertiary/aromatic N) is 7. The van der Waals surface area contributed by atoms with Crippen LogP contribution in [0.1, 0.15) is 32.1 Å². The summed E-state index contributed by atoms with van der Waals surface area (Å²) < 4.78 is 3.98. The molecule has 5 rings (SSSR count). The molecule has 2 aliphatic rings. The summed E-state index contributed by atoms with van der Waals surface area (Å²) >= 11 is 1.56. The Morgan fingerprint density at radius 3 is 2.78 bits per heavy atom. The molecule has 0 unspecified atom stereocenters. The van der Waals surface area contributed by atoms with Crippen LogP contribution in [0.15, 0.2) is 35.0 Å². The Morgan fingerprint density at radius 2 is 2.07 bits per heavy atom. The molecule has 3 aromatic heterocycles. The van der Waals surface area contributed by atoms with Crippen molar-refractivity contribution >= 4 is 23.4 Å². The van der Waals surface area contributed by atoms with Gasteiger partial charge in [-0.3, -0.25) is 0 Å². The van der Waals surface area contributed by atoms with Crippen molar-refractivity contribution < 1.29 is 0 Å². The minimum absolute atomic E-state index is 0.344. The lowest BCUT2D eigenvalue weighted by atomic mass is 9.74. The fraction of sp³-hybridized carbons (Fsp3) is 0.556. The normalized spacial score (nSPS) is 22.1. The molecule has 1 saturated carbocycles. The monoisotopic (exact) mass is 384 g/mol. The molecule has 4 heterocycles. The third-order valence-corrected chi connectivity index (χ3v) is 7.36. The smallest absolute Gasteiger partial charge is 0.212 e. The first kappa shape index (κ1) is 17.0. The average molecular weight is 385 g/mol. The Bertz CT molecular complexity index is 955. The molecule has 2 N–H and O–H groups in total. The Hall–Kier alpha value is -2.13. The second kappa shape index (κ2) is 6.49. The summed E-state index contributed by atoms with van der Waals surface area (Å²) in [5, 5.41) is 9.38. The van der Waals surface area contributed by atoms with Gasteiger partial charge in [0, 0.05) is 44.8 Å². The van der Waals surface area contributed by atoms with Gasteiger partial charge in [0.15, 0.2) is 10.8 Å². The van der Waals surface area contributed by atoms with Gasteiger partial charge >= 0.3 is 0 Å². The van der Waals surface area contributed by atoms with E-state index in [1.165, 1.54) is 19.3 Å². The van der Waals surface area contributed by atoms with Crippen molar-refractivity contribution in [2.24, 2.45) is 18.2 Å². The van der Waals surface area contributed by atoms with Crippen molar-refractivity contribution in [2.75, 3.05) is 18.0 Å². The maximum absolute atomic E-state index is 6.43. The number of aromatic nitrogens is 6. The van der Waals surface area contributed by atoms with Crippen molar-refractivity contribution in [1.29, 1.82) is 0 Å². The summed E-state index contributed by atoms with van der Waals surface area (Å²) in [5.41, 5.74) is 7.60. The predicted octanol–water partition coefficient (Wildman–Crippen LogP) is 2.11. The van der Waals surface area contributed by atoms with Crippen LogP contribution in [0.3, 0.4) is 0 Å².